The van der Waals surface area contributed by atoms with Crippen LogP contribution in [0.25, 0.3) is 0 Å². The van der Waals surface area contributed by atoms with Crippen LogP contribution in [0.15, 0.2) is 12.1 Å². The lowest BCUT2D eigenvalue weighted by Crippen LogP contribution is -2.09. The summed E-state index contributed by atoms with van der Waals surface area (Å²) in [5.41, 5.74) is 5.76. The zero-order chi connectivity index (χ0) is 13.2. The molecule has 0 bridgehead atoms. The van der Waals surface area contributed by atoms with Crippen LogP contribution in [0.4, 0.5) is 4.39 Å². The Kier molecular flexibility index (Phi) is 3.76. The van der Waals surface area contributed by atoms with Crippen molar-refractivity contribution in [1.82, 2.24) is 0 Å². The molecule has 0 atom stereocenters. The first-order valence-corrected chi connectivity index (χ1v) is 6.34. The molecule has 1 aliphatic rings. The van der Waals surface area contributed by atoms with Gasteiger partial charge in [0.05, 0.1) is 0 Å². The van der Waals surface area contributed by atoms with Crippen molar-refractivity contribution in [2.75, 3.05) is 13.3 Å². The Morgan fingerprint density at radius 2 is 2.06 bits per heavy atom. The molecule has 0 radical (unpaired) electrons. The first kappa shape index (κ1) is 13.1. The number of halogens is 1. The smallest absolute Gasteiger partial charge is 0.231 e. The molecule has 0 unspecified atom stereocenters. The molecule has 4 heteroatoms. The molecule has 0 aliphatic carbocycles. The quantitative estimate of drug-likeness (QED) is 0.821. The SMILES string of the molecule is CC(C)(F)c1cc(CCCCN)c2c(c1)OCO2. The van der Waals surface area contributed by atoms with Crippen LogP contribution in [-0.2, 0) is 12.1 Å². The maximum Gasteiger partial charge on any atom is 0.231 e. The van der Waals surface area contributed by atoms with Gasteiger partial charge in [-0.05, 0) is 62.9 Å². The highest BCUT2D eigenvalue weighted by Gasteiger charge is 2.25. The Morgan fingerprint density at radius 1 is 1.28 bits per heavy atom. The molecule has 0 fully saturated rings. The van der Waals surface area contributed by atoms with Gasteiger partial charge in [0.25, 0.3) is 0 Å². The lowest BCUT2D eigenvalue weighted by Gasteiger charge is -2.17. The monoisotopic (exact) mass is 253 g/mol. The predicted octanol–water partition coefficient (Wildman–Crippen LogP) is 2.90. The van der Waals surface area contributed by atoms with Crippen LogP contribution in [-0.4, -0.2) is 13.3 Å². The number of unbranched alkanes of at least 4 members (excludes halogenated alkanes) is 1. The van der Waals surface area contributed by atoms with E-state index in [0.717, 1.165) is 30.6 Å². The van der Waals surface area contributed by atoms with Gasteiger partial charge in [-0.3, -0.25) is 0 Å². The second-order valence-corrected chi connectivity index (χ2v) is 5.09. The maximum atomic E-state index is 14.0. The maximum absolute atomic E-state index is 14.0. The van der Waals surface area contributed by atoms with Gasteiger partial charge >= 0.3 is 0 Å². The van der Waals surface area contributed by atoms with E-state index >= 15 is 0 Å². The Balaban J connectivity index is 2.29. The van der Waals surface area contributed by atoms with Crippen molar-refractivity contribution in [2.24, 2.45) is 5.73 Å². The molecule has 0 spiro atoms. The third kappa shape index (κ3) is 2.75. The molecule has 0 saturated carbocycles. The fourth-order valence-corrected chi connectivity index (χ4v) is 2.07. The summed E-state index contributed by atoms with van der Waals surface area (Å²) in [5.74, 6) is 1.42. The molecule has 0 aromatic heterocycles. The summed E-state index contributed by atoms with van der Waals surface area (Å²) in [5, 5.41) is 0. The molecule has 100 valence electrons. The number of nitrogens with two attached hydrogens (primary N) is 1. The number of rotatable bonds is 5. The van der Waals surface area contributed by atoms with E-state index in [1.165, 1.54) is 0 Å². The Hall–Kier alpha value is -1.29. The van der Waals surface area contributed by atoms with Crippen LogP contribution in [0, 0.1) is 0 Å². The molecule has 2 N–H and O–H groups in total. The molecule has 3 nitrogen and oxygen atoms in total. The van der Waals surface area contributed by atoms with Gasteiger partial charge in [-0.1, -0.05) is 0 Å². The van der Waals surface area contributed by atoms with Crippen LogP contribution in [0.3, 0.4) is 0 Å². The molecule has 0 saturated heterocycles. The number of hydrogen-bond donors (Lipinski definition) is 1. The van der Waals surface area contributed by atoms with Gasteiger partial charge in [-0.25, -0.2) is 4.39 Å². The first-order chi connectivity index (χ1) is 8.52. The molecule has 18 heavy (non-hydrogen) atoms. The molecule has 1 aromatic rings. The summed E-state index contributed by atoms with van der Waals surface area (Å²) in [6.45, 7) is 3.99. The molecule has 1 heterocycles. The van der Waals surface area contributed by atoms with E-state index in [9.17, 15) is 4.39 Å². The van der Waals surface area contributed by atoms with Crippen LogP contribution >= 0.6 is 0 Å². The number of hydrogen-bond acceptors (Lipinski definition) is 3. The minimum atomic E-state index is -1.37. The summed E-state index contributed by atoms with van der Waals surface area (Å²) in [6, 6.07) is 3.61. The summed E-state index contributed by atoms with van der Waals surface area (Å²) in [4.78, 5) is 0. The van der Waals surface area contributed by atoms with Gasteiger partial charge in [-0.15, -0.1) is 0 Å². The van der Waals surface area contributed by atoms with Gasteiger partial charge in [0.2, 0.25) is 6.79 Å². The summed E-state index contributed by atoms with van der Waals surface area (Å²) in [7, 11) is 0. The molecule has 0 amide bonds. The lowest BCUT2D eigenvalue weighted by molar-refractivity contribution is 0.173. The number of fused-ring (bicyclic) bond motifs is 1. The second-order valence-electron chi connectivity index (χ2n) is 5.09. The summed E-state index contributed by atoms with van der Waals surface area (Å²) in [6.07, 6.45) is 2.77. The van der Waals surface area contributed by atoms with E-state index < -0.39 is 5.67 Å². The zero-order valence-corrected chi connectivity index (χ0v) is 11.0. The fraction of sp³-hybridized carbons (Fsp3) is 0.571. The Bertz CT molecular complexity index is 427. The Morgan fingerprint density at radius 3 is 2.72 bits per heavy atom. The van der Waals surface area contributed by atoms with Crippen molar-refractivity contribution in [1.29, 1.82) is 0 Å². The van der Waals surface area contributed by atoms with E-state index in [-0.39, 0.29) is 6.79 Å². The zero-order valence-electron chi connectivity index (χ0n) is 11.0. The predicted molar refractivity (Wildman–Crippen MR) is 68.7 cm³/mol. The standard InChI is InChI=1S/C14H20FNO2/c1-14(2,15)11-7-10(5-3-4-6-16)13-12(8-11)17-9-18-13/h7-8H,3-6,9,16H2,1-2H3. The highest BCUT2D eigenvalue weighted by molar-refractivity contribution is 5.52. The van der Waals surface area contributed by atoms with Crippen molar-refractivity contribution in [3.05, 3.63) is 23.3 Å². The minimum Gasteiger partial charge on any atom is -0.454 e. The van der Waals surface area contributed by atoms with Crippen molar-refractivity contribution >= 4 is 0 Å². The van der Waals surface area contributed by atoms with E-state index in [4.69, 9.17) is 15.2 Å². The average molecular weight is 253 g/mol. The highest BCUT2D eigenvalue weighted by Crippen LogP contribution is 2.40. The van der Waals surface area contributed by atoms with E-state index in [2.05, 4.69) is 0 Å². The second kappa shape index (κ2) is 5.14. The normalized spacial score (nSPS) is 14.0. The number of ether oxygens (including phenoxy) is 2. The van der Waals surface area contributed by atoms with E-state index in [1.807, 2.05) is 6.07 Å². The van der Waals surface area contributed by atoms with Crippen LogP contribution in [0.1, 0.15) is 37.8 Å². The summed E-state index contributed by atoms with van der Waals surface area (Å²) < 4.78 is 24.9. The molecule has 1 aromatic carbocycles. The average Bonchev–Trinajstić information content (AvgIpc) is 2.76. The fourth-order valence-electron chi connectivity index (χ4n) is 2.07. The van der Waals surface area contributed by atoms with Crippen molar-refractivity contribution in [3.8, 4) is 11.5 Å². The van der Waals surface area contributed by atoms with Crippen LogP contribution in [0.2, 0.25) is 0 Å². The molecule has 2 rings (SSSR count). The third-order valence-corrected chi connectivity index (χ3v) is 3.14. The van der Waals surface area contributed by atoms with Crippen molar-refractivity contribution < 1.29 is 13.9 Å². The topological polar surface area (TPSA) is 44.5 Å². The van der Waals surface area contributed by atoms with Gasteiger partial charge < -0.3 is 15.2 Å². The molecular weight excluding hydrogens is 233 g/mol. The van der Waals surface area contributed by atoms with Gasteiger partial charge in [-0.2, -0.15) is 0 Å². The van der Waals surface area contributed by atoms with Gasteiger partial charge in [0.1, 0.15) is 5.67 Å². The summed E-state index contributed by atoms with van der Waals surface area (Å²) >= 11 is 0. The van der Waals surface area contributed by atoms with E-state index in [1.54, 1.807) is 19.9 Å². The molecule has 1 aliphatic heterocycles. The van der Waals surface area contributed by atoms with Crippen molar-refractivity contribution in [3.63, 3.8) is 0 Å². The van der Waals surface area contributed by atoms with Gasteiger partial charge in [0.15, 0.2) is 11.5 Å². The third-order valence-electron chi connectivity index (χ3n) is 3.14. The number of benzene rings is 1. The first-order valence-electron chi connectivity index (χ1n) is 6.34. The lowest BCUT2D eigenvalue weighted by atomic mass is 9.95. The number of alkyl halides is 1. The largest absolute Gasteiger partial charge is 0.454 e. The van der Waals surface area contributed by atoms with Crippen LogP contribution < -0.4 is 15.2 Å². The minimum absolute atomic E-state index is 0.218. The van der Waals surface area contributed by atoms with Crippen molar-refractivity contribution in [2.45, 2.75) is 38.8 Å². The Labute approximate surface area is 107 Å². The number of aryl methyl sites for hydroxylation is 1. The van der Waals surface area contributed by atoms with E-state index in [0.29, 0.717) is 17.9 Å². The highest BCUT2D eigenvalue weighted by atomic mass is 19.1. The van der Waals surface area contributed by atoms with Gasteiger partial charge in [0, 0.05) is 0 Å². The molecular formula is C14H20FNO2. The van der Waals surface area contributed by atoms with Crippen LogP contribution in [0.5, 0.6) is 11.5 Å².